The van der Waals surface area contributed by atoms with E-state index in [9.17, 15) is 0 Å². The monoisotopic (exact) mass is 304 g/mol. The molecule has 18 heavy (non-hydrogen) atoms. The predicted octanol–water partition coefficient (Wildman–Crippen LogP) is 4.68. The summed E-state index contributed by atoms with van der Waals surface area (Å²) in [6.45, 7) is 2.00. The summed E-state index contributed by atoms with van der Waals surface area (Å²) in [5, 5.41) is 4.18. The van der Waals surface area contributed by atoms with Crippen molar-refractivity contribution in [3.05, 3.63) is 45.4 Å². The van der Waals surface area contributed by atoms with Crippen LogP contribution < -0.4 is 5.32 Å². The topological polar surface area (TPSA) is 38.1 Å². The van der Waals surface area contributed by atoms with Gasteiger partial charge in [-0.05, 0) is 25.1 Å². The van der Waals surface area contributed by atoms with Gasteiger partial charge >= 0.3 is 0 Å². The maximum Gasteiger partial charge on any atom is 0.150 e. The summed E-state index contributed by atoms with van der Waals surface area (Å²) in [7, 11) is 0. The van der Waals surface area contributed by atoms with E-state index >= 15 is 0 Å². The highest BCUT2D eigenvalue weighted by molar-refractivity contribution is 6.42. The molecule has 0 saturated heterocycles. The second kappa shape index (κ2) is 5.83. The van der Waals surface area contributed by atoms with Gasteiger partial charge in [-0.1, -0.05) is 34.8 Å². The molecule has 0 bridgehead atoms. The van der Waals surface area contributed by atoms with Crippen LogP contribution in [0.5, 0.6) is 0 Å². The molecule has 2 aromatic rings. The van der Waals surface area contributed by atoms with E-state index in [0.29, 0.717) is 15.9 Å². The quantitative estimate of drug-likeness (QED) is 0.834. The molecule has 0 aliphatic carbocycles. The molecule has 0 radical (unpaired) electrons. The van der Waals surface area contributed by atoms with E-state index in [-0.39, 0.29) is 11.2 Å². The fourth-order valence-electron chi connectivity index (χ4n) is 1.56. The van der Waals surface area contributed by atoms with Crippen LogP contribution in [0, 0.1) is 0 Å². The first-order valence-corrected chi connectivity index (χ1v) is 6.50. The smallest absolute Gasteiger partial charge is 0.150 e. The molecule has 2 heterocycles. The van der Waals surface area contributed by atoms with Crippen LogP contribution in [0.25, 0.3) is 0 Å². The Labute approximate surface area is 120 Å². The summed E-state index contributed by atoms with van der Waals surface area (Å²) in [6, 6.07) is 5.45. The van der Waals surface area contributed by atoms with E-state index in [1.54, 1.807) is 12.3 Å². The Bertz CT molecular complexity index is 528. The molecule has 1 unspecified atom stereocenters. The van der Waals surface area contributed by atoms with Crippen LogP contribution in [-0.4, -0.2) is 11.0 Å². The van der Waals surface area contributed by atoms with Gasteiger partial charge in [0, 0.05) is 12.5 Å². The van der Waals surface area contributed by atoms with Crippen molar-refractivity contribution in [3.63, 3.8) is 0 Å². The molecule has 0 amide bonds. The molecule has 2 rings (SSSR count). The minimum atomic E-state index is 0.110. The molecular formula is C12H11Cl3N2O. The summed E-state index contributed by atoms with van der Waals surface area (Å²) >= 11 is 17.7. The van der Waals surface area contributed by atoms with Crippen LogP contribution in [0.2, 0.25) is 15.2 Å². The number of pyridine rings is 1. The van der Waals surface area contributed by atoms with Gasteiger partial charge in [0.1, 0.15) is 16.7 Å². The predicted molar refractivity (Wildman–Crippen MR) is 74.8 cm³/mol. The van der Waals surface area contributed by atoms with Crippen LogP contribution in [0.1, 0.15) is 12.7 Å². The first-order chi connectivity index (χ1) is 8.56. The Morgan fingerprint density at radius 3 is 2.78 bits per heavy atom. The third kappa shape index (κ3) is 3.31. The zero-order chi connectivity index (χ0) is 13.1. The van der Waals surface area contributed by atoms with E-state index in [1.165, 1.54) is 0 Å². The summed E-state index contributed by atoms with van der Waals surface area (Å²) in [4.78, 5) is 4.10. The number of anilines is 1. The van der Waals surface area contributed by atoms with Gasteiger partial charge in [0.2, 0.25) is 0 Å². The lowest BCUT2D eigenvalue weighted by Gasteiger charge is -2.14. The number of hydrogen-bond acceptors (Lipinski definition) is 3. The highest BCUT2D eigenvalue weighted by Crippen LogP contribution is 2.29. The Hall–Kier alpha value is -0.900. The number of hydrogen-bond donors (Lipinski definition) is 1. The molecule has 0 saturated carbocycles. The zero-order valence-electron chi connectivity index (χ0n) is 9.58. The first kappa shape index (κ1) is 13.5. The lowest BCUT2D eigenvalue weighted by molar-refractivity contribution is 0.497. The Morgan fingerprint density at radius 2 is 2.11 bits per heavy atom. The minimum absolute atomic E-state index is 0.110. The average Bonchev–Trinajstić information content (AvgIpc) is 2.78. The van der Waals surface area contributed by atoms with E-state index in [1.807, 2.05) is 19.1 Å². The van der Waals surface area contributed by atoms with Crippen molar-refractivity contribution in [2.45, 2.75) is 19.4 Å². The number of aromatic nitrogens is 1. The van der Waals surface area contributed by atoms with E-state index < -0.39 is 0 Å². The summed E-state index contributed by atoms with van der Waals surface area (Å²) in [6.07, 6.45) is 2.37. The number of halogens is 3. The van der Waals surface area contributed by atoms with Crippen LogP contribution in [0.15, 0.2) is 28.9 Å². The summed E-state index contributed by atoms with van der Waals surface area (Å²) in [5.74, 6) is 1.41. The molecule has 1 N–H and O–H groups in total. The highest BCUT2D eigenvalue weighted by atomic mass is 35.5. The van der Waals surface area contributed by atoms with E-state index in [0.717, 1.165) is 12.2 Å². The number of rotatable bonds is 4. The van der Waals surface area contributed by atoms with Gasteiger partial charge in [0.25, 0.3) is 0 Å². The van der Waals surface area contributed by atoms with Crippen molar-refractivity contribution in [1.29, 1.82) is 0 Å². The molecule has 0 spiro atoms. The maximum absolute atomic E-state index is 6.04. The molecular weight excluding hydrogens is 295 g/mol. The van der Waals surface area contributed by atoms with Crippen LogP contribution in [0.3, 0.4) is 0 Å². The first-order valence-electron chi connectivity index (χ1n) is 5.36. The average molecular weight is 306 g/mol. The summed E-state index contributed by atoms with van der Waals surface area (Å²) < 4.78 is 5.27. The second-order valence-electron chi connectivity index (χ2n) is 3.92. The van der Waals surface area contributed by atoms with Crippen molar-refractivity contribution in [2.24, 2.45) is 0 Å². The van der Waals surface area contributed by atoms with Crippen molar-refractivity contribution < 1.29 is 4.42 Å². The molecule has 6 heteroatoms. The van der Waals surface area contributed by atoms with Crippen molar-refractivity contribution in [1.82, 2.24) is 4.98 Å². The van der Waals surface area contributed by atoms with Crippen LogP contribution in [0.4, 0.5) is 5.82 Å². The van der Waals surface area contributed by atoms with Crippen molar-refractivity contribution in [2.75, 3.05) is 5.32 Å². The van der Waals surface area contributed by atoms with E-state index in [2.05, 4.69) is 10.3 Å². The molecule has 1 atom stereocenters. The third-order valence-corrected chi connectivity index (χ3v) is 3.32. The highest BCUT2D eigenvalue weighted by Gasteiger charge is 2.11. The maximum atomic E-state index is 6.04. The molecule has 3 nitrogen and oxygen atoms in total. The van der Waals surface area contributed by atoms with Crippen molar-refractivity contribution in [3.8, 4) is 0 Å². The van der Waals surface area contributed by atoms with Crippen LogP contribution >= 0.6 is 34.8 Å². The zero-order valence-corrected chi connectivity index (χ0v) is 11.9. The standard InChI is InChI=1S/C12H11Cl3N2O/c1-7(5-8-3-2-4-18-8)16-12-10(14)6-9(13)11(15)17-12/h2-4,6-7H,5H2,1H3,(H,16,17). The van der Waals surface area contributed by atoms with E-state index in [4.69, 9.17) is 39.2 Å². The van der Waals surface area contributed by atoms with Gasteiger partial charge in [-0.3, -0.25) is 0 Å². The Morgan fingerprint density at radius 1 is 1.33 bits per heavy atom. The molecule has 0 fully saturated rings. The van der Waals surface area contributed by atoms with Crippen molar-refractivity contribution >= 4 is 40.6 Å². The largest absolute Gasteiger partial charge is 0.469 e. The van der Waals surface area contributed by atoms with Gasteiger partial charge in [0.15, 0.2) is 0 Å². The fourth-order valence-corrected chi connectivity index (χ4v) is 2.11. The number of nitrogens with one attached hydrogen (secondary N) is 1. The molecule has 0 aromatic carbocycles. The van der Waals surface area contributed by atoms with Gasteiger partial charge in [0.05, 0.1) is 16.3 Å². The molecule has 96 valence electrons. The Balaban J connectivity index is 2.07. The molecule has 2 aromatic heterocycles. The normalized spacial score (nSPS) is 12.4. The molecule has 0 aliphatic heterocycles. The number of nitrogens with zero attached hydrogens (tertiary/aromatic N) is 1. The van der Waals surface area contributed by atoms with Gasteiger partial charge in [-0.2, -0.15) is 0 Å². The fraction of sp³-hybridized carbons (Fsp3) is 0.250. The lowest BCUT2D eigenvalue weighted by Crippen LogP contribution is -2.18. The second-order valence-corrected chi connectivity index (χ2v) is 5.09. The van der Waals surface area contributed by atoms with Gasteiger partial charge in [-0.15, -0.1) is 0 Å². The van der Waals surface area contributed by atoms with Crippen LogP contribution in [-0.2, 0) is 6.42 Å². The third-order valence-electron chi connectivity index (χ3n) is 2.36. The number of furan rings is 1. The minimum Gasteiger partial charge on any atom is -0.469 e. The summed E-state index contributed by atoms with van der Waals surface area (Å²) in [5.41, 5.74) is 0. The Kier molecular flexibility index (Phi) is 4.38. The van der Waals surface area contributed by atoms with Gasteiger partial charge in [-0.25, -0.2) is 4.98 Å². The van der Waals surface area contributed by atoms with Gasteiger partial charge < -0.3 is 9.73 Å². The lowest BCUT2D eigenvalue weighted by atomic mass is 10.2. The molecule has 0 aliphatic rings. The SMILES string of the molecule is CC(Cc1ccco1)Nc1nc(Cl)c(Cl)cc1Cl.